The maximum absolute atomic E-state index is 10.9. The molecule has 0 spiro atoms. The number of ether oxygens (including phenoxy) is 2. The van der Waals surface area contributed by atoms with Crippen LogP contribution in [0.5, 0.6) is 0 Å². The molecule has 294 valence electrons. The molecule has 1 saturated heterocycles. The van der Waals surface area contributed by atoms with Crippen LogP contribution in [0.4, 0.5) is 0 Å². The van der Waals surface area contributed by atoms with Crippen LogP contribution >= 0.6 is 0 Å². The highest BCUT2D eigenvalue weighted by Crippen LogP contribution is 2.27. The highest BCUT2D eigenvalue weighted by atomic mass is 16.6. The Morgan fingerprint density at radius 1 is 0.660 bits per heavy atom. The SMILES string of the molecule is CCC(C)CC=CC(C)C=CC(OCC1OC(CO)C(O)C(O)C1O)C(C)CCCC(CC)CCC(O)C(C)C=CCC(C)CCCC(C)C. The fraction of sp³-hybridized carbons (Fsp3) is 0.860. The van der Waals surface area contributed by atoms with Crippen molar-refractivity contribution in [1.82, 2.24) is 0 Å². The summed E-state index contributed by atoms with van der Waals surface area (Å²) in [6.07, 6.45) is 20.1. The third kappa shape index (κ3) is 19.1. The van der Waals surface area contributed by atoms with Crippen molar-refractivity contribution >= 4 is 0 Å². The predicted octanol–water partition coefficient (Wildman–Crippen LogP) is 8.42. The number of hydrogen-bond acceptors (Lipinski definition) is 7. The van der Waals surface area contributed by atoms with Gasteiger partial charge < -0.3 is 35.0 Å². The zero-order valence-electron chi connectivity index (χ0n) is 33.5. The minimum Gasteiger partial charge on any atom is -0.394 e. The van der Waals surface area contributed by atoms with Crippen molar-refractivity contribution in [2.75, 3.05) is 13.2 Å². The zero-order valence-corrected chi connectivity index (χ0v) is 33.5. The molecule has 0 amide bonds. The predicted molar refractivity (Wildman–Crippen MR) is 208 cm³/mol. The Balaban J connectivity index is 2.72. The molecule has 13 atom stereocenters. The normalized spacial score (nSPS) is 26.8. The quantitative estimate of drug-likeness (QED) is 0.0544. The minimum atomic E-state index is -1.41. The van der Waals surface area contributed by atoms with Crippen molar-refractivity contribution in [3.8, 4) is 0 Å². The monoisotopic (exact) mass is 709 g/mol. The highest BCUT2D eigenvalue weighted by molar-refractivity contribution is 5.03. The first-order valence-corrected chi connectivity index (χ1v) is 20.3. The van der Waals surface area contributed by atoms with Crippen LogP contribution in [0.1, 0.15) is 139 Å². The molecule has 0 saturated carbocycles. The van der Waals surface area contributed by atoms with E-state index >= 15 is 0 Å². The van der Waals surface area contributed by atoms with E-state index in [1.807, 2.05) is 0 Å². The summed E-state index contributed by atoms with van der Waals surface area (Å²) >= 11 is 0. The average Bonchev–Trinajstić information content (AvgIpc) is 3.08. The molecule has 0 aliphatic carbocycles. The molecule has 1 rings (SSSR count). The molecule has 7 nitrogen and oxygen atoms in total. The summed E-state index contributed by atoms with van der Waals surface area (Å²) in [5.41, 5.74) is 0. The molecule has 0 aromatic carbocycles. The molecular formula is C43H80O7. The van der Waals surface area contributed by atoms with Crippen molar-refractivity contribution in [3.05, 3.63) is 36.5 Å². The Morgan fingerprint density at radius 3 is 1.94 bits per heavy atom. The van der Waals surface area contributed by atoms with Gasteiger partial charge in [0.05, 0.1) is 25.4 Å². The molecule has 7 heteroatoms. The van der Waals surface area contributed by atoms with Crippen LogP contribution in [0.3, 0.4) is 0 Å². The Hall–Kier alpha value is -1.06. The van der Waals surface area contributed by atoms with Crippen LogP contribution in [-0.4, -0.2) is 81.5 Å². The first-order valence-electron chi connectivity index (χ1n) is 20.3. The summed E-state index contributed by atoms with van der Waals surface area (Å²) in [7, 11) is 0. The van der Waals surface area contributed by atoms with Crippen LogP contribution in [0, 0.1) is 41.4 Å². The van der Waals surface area contributed by atoms with E-state index in [0.29, 0.717) is 17.8 Å². The summed E-state index contributed by atoms with van der Waals surface area (Å²) in [5.74, 6) is 3.30. The zero-order chi connectivity index (χ0) is 37.6. The van der Waals surface area contributed by atoms with E-state index in [1.165, 1.54) is 19.3 Å². The summed E-state index contributed by atoms with van der Waals surface area (Å²) in [6.45, 7) is 19.7. The molecule has 0 aromatic rings. The van der Waals surface area contributed by atoms with E-state index in [-0.39, 0.29) is 36.6 Å². The van der Waals surface area contributed by atoms with E-state index < -0.39 is 37.1 Å². The molecule has 0 aromatic heterocycles. The Morgan fingerprint density at radius 2 is 1.30 bits per heavy atom. The molecular weight excluding hydrogens is 628 g/mol. The Kier molecular flexibility index (Phi) is 25.0. The molecule has 1 fully saturated rings. The maximum atomic E-state index is 10.9. The van der Waals surface area contributed by atoms with E-state index in [0.717, 1.165) is 63.7 Å². The van der Waals surface area contributed by atoms with Crippen LogP contribution in [-0.2, 0) is 9.47 Å². The van der Waals surface area contributed by atoms with Crippen LogP contribution in [0.2, 0.25) is 0 Å². The summed E-state index contributed by atoms with van der Waals surface area (Å²) in [4.78, 5) is 0. The minimum absolute atomic E-state index is 0.0399. The van der Waals surface area contributed by atoms with E-state index in [9.17, 15) is 25.5 Å². The van der Waals surface area contributed by atoms with Crippen LogP contribution in [0.25, 0.3) is 0 Å². The van der Waals surface area contributed by atoms with Gasteiger partial charge >= 0.3 is 0 Å². The fourth-order valence-electron chi connectivity index (χ4n) is 6.73. The first kappa shape index (κ1) is 47.0. The summed E-state index contributed by atoms with van der Waals surface area (Å²) in [6, 6.07) is 0. The second-order valence-corrected chi connectivity index (χ2v) is 16.4. The molecule has 0 bridgehead atoms. The van der Waals surface area contributed by atoms with Crippen molar-refractivity contribution in [1.29, 1.82) is 0 Å². The third-order valence-electron chi connectivity index (χ3n) is 11.1. The van der Waals surface area contributed by atoms with Gasteiger partial charge in [-0.05, 0) is 73.5 Å². The Labute approximate surface area is 307 Å². The molecule has 1 heterocycles. The largest absolute Gasteiger partial charge is 0.394 e. The van der Waals surface area contributed by atoms with Crippen molar-refractivity contribution in [2.24, 2.45) is 41.4 Å². The lowest BCUT2D eigenvalue weighted by Gasteiger charge is -2.40. The van der Waals surface area contributed by atoms with Gasteiger partial charge in [0.15, 0.2) is 0 Å². The summed E-state index contributed by atoms with van der Waals surface area (Å²) in [5, 5.41) is 51.5. The number of allylic oxidation sites excluding steroid dienone is 4. The van der Waals surface area contributed by atoms with Gasteiger partial charge in [-0.2, -0.15) is 0 Å². The summed E-state index contributed by atoms with van der Waals surface area (Å²) < 4.78 is 12.1. The van der Waals surface area contributed by atoms with Gasteiger partial charge in [0.1, 0.15) is 30.5 Å². The van der Waals surface area contributed by atoms with E-state index in [1.54, 1.807) is 0 Å². The van der Waals surface area contributed by atoms with Crippen molar-refractivity contribution in [3.63, 3.8) is 0 Å². The number of aliphatic hydroxyl groups is 5. The lowest BCUT2D eigenvalue weighted by molar-refractivity contribution is -0.241. The molecule has 0 radical (unpaired) electrons. The lowest BCUT2D eigenvalue weighted by Crippen LogP contribution is -2.59. The smallest absolute Gasteiger partial charge is 0.111 e. The maximum Gasteiger partial charge on any atom is 0.111 e. The van der Waals surface area contributed by atoms with E-state index in [4.69, 9.17) is 9.47 Å². The number of rotatable bonds is 27. The topological polar surface area (TPSA) is 120 Å². The van der Waals surface area contributed by atoms with Gasteiger partial charge in [0.2, 0.25) is 0 Å². The second kappa shape index (κ2) is 26.7. The van der Waals surface area contributed by atoms with Gasteiger partial charge in [-0.25, -0.2) is 0 Å². The van der Waals surface area contributed by atoms with Gasteiger partial charge in [0.25, 0.3) is 0 Å². The second-order valence-electron chi connectivity index (χ2n) is 16.4. The van der Waals surface area contributed by atoms with Gasteiger partial charge in [-0.3, -0.25) is 0 Å². The molecule has 50 heavy (non-hydrogen) atoms. The first-order chi connectivity index (χ1) is 23.7. The van der Waals surface area contributed by atoms with Crippen LogP contribution in [0.15, 0.2) is 36.5 Å². The molecule has 13 unspecified atom stereocenters. The Bertz CT molecular complexity index is 917. The fourth-order valence-corrected chi connectivity index (χ4v) is 6.73. The lowest BCUT2D eigenvalue weighted by atomic mass is 9.88. The van der Waals surface area contributed by atoms with Crippen molar-refractivity contribution < 1.29 is 35.0 Å². The van der Waals surface area contributed by atoms with Gasteiger partial charge in [-0.15, -0.1) is 0 Å². The number of aliphatic hydroxyl groups excluding tert-OH is 5. The van der Waals surface area contributed by atoms with Crippen molar-refractivity contribution in [2.45, 2.75) is 182 Å². The molecule has 5 N–H and O–H groups in total. The van der Waals surface area contributed by atoms with Gasteiger partial charge in [0, 0.05) is 0 Å². The average molecular weight is 709 g/mol. The van der Waals surface area contributed by atoms with E-state index in [2.05, 4.69) is 98.8 Å². The molecule has 1 aliphatic rings. The number of hydrogen-bond donors (Lipinski definition) is 5. The standard InChI is InChI=1S/C43H80O7/c1-10-31(5)17-13-19-33(7)24-27-38(49-29-40-42(47)43(48)41(46)39(28-44)50-40)35(9)22-15-23-36(11-2)25-26-37(45)34(8)21-14-20-32(6)18-12-16-30(3)4/h13-14,19,21,24,27,30-48H,10-12,15-18,20,22-23,25-26,28-29H2,1-9H3. The third-order valence-corrected chi connectivity index (χ3v) is 11.1. The van der Waals surface area contributed by atoms with Crippen LogP contribution < -0.4 is 0 Å². The highest BCUT2D eigenvalue weighted by Gasteiger charge is 2.43. The molecule has 1 aliphatic heterocycles. The van der Waals surface area contributed by atoms with Gasteiger partial charge in [-0.1, -0.05) is 144 Å².